The van der Waals surface area contributed by atoms with Gasteiger partial charge in [0.25, 0.3) is 0 Å². The Morgan fingerprint density at radius 2 is 2.00 bits per heavy atom. The highest BCUT2D eigenvalue weighted by molar-refractivity contribution is 8.07. The van der Waals surface area contributed by atoms with E-state index in [0.717, 1.165) is 22.3 Å². The van der Waals surface area contributed by atoms with E-state index in [1.807, 2.05) is 27.0 Å². The minimum atomic E-state index is -0.108. The van der Waals surface area contributed by atoms with Crippen LogP contribution in [0.15, 0.2) is 45.0 Å². The molecule has 0 saturated carbocycles. The van der Waals surface area contributed by atoms with Crippen molar-refractivity contribution in [2.75, 3.05) is 0 Å². The van der Waals surface area contributed by atoms with E-state index in [1.54, 1.807) is 0 Å². The molecular weight excluding hydrogens is 244 g/mol. The molecule has 96 valence electrons. The third kappa shape index (κ3) is 3.01. The lowest BCUT2D eigenvalue weighted by Gasteiger charge is -2.09. The van der Waals surface area contributed by atoms with Crippen LogP contribution in [0.3, 0.4) is 0 Å². The second-order valence-corrected chi connectivity index (χ2v) is 5.41. The molecule has 0 atom stereocenters. The Morgan fingerprint density at radius 1 is 1.39 bits per heavy atom. The highest BCUT2D eigenvalue weighted by Gasteiger charge is 2.20. The van der Waals surface area contributed by atoms with Gasteiger partial charge in [0.15, 0.2) is 5.78 Å². The number of carbonyl (C=O) groups excluding carboxylic acids is 1. The maximum Gasteiger partial charge on any atom is 0.163 e. The quantitative estimate of drug-likeness (QED) is 0.463. The summed E-state index contributed by atoms with van der Waals surface area (Å²) in [6.07, 6.45) is 2.96. The zero-order valence-corrected chi connectivity index (χ0v) is 12.0. The van der Waals surface area contributed by atoms with Crippen molar-refractivity contribution < 1.29 is 4.79 Å². The van der Waals surface area contributed by atoms with Gasteiger partial charge < -0.3 is 10.7 Å². The largest absolute Gasteiger partial charge is 0.354 e. The van der Waals surface area contributed by atoms with Gasteiger partial charge in [-0.25, -0.2) is 0 Å². The average Bonchev–Trinajstić information content (AvgIpc) is 2.66. The molecule has 0 aromatic rings. The molecule has 18 heavy (non-hydrogen) atoms. The van der Waals surface area contributed by atoms with Gasteiger partial charge in [-0.15, -0.1) is 0 Å². The molecule has 0 aromatic heterocycles. The van der Waals surface area contributed by atoms with Crippen LogP contribution in [0.1, 0.15) is 27.7 Å². The van der Waals surface area contributed by atoms with Gasteiger partial charge in [0, 0.05) is 17.3 Å². The van der Waals surface area contributed by atoms with Gasteiger partial charge in [-0.1, -0.05) is 23.9 Å². The molecule has 0 amide bonds. The first-order valence-corrected chi connectivity index (χ1v) is 6.44. The van der Waals surface area contributed by atoms with E-state index in [9.17, 15) is 4.79 Å². The zero-order chi connectivity index (χ0) is 13.9. The van der Waals surface area contributed by atoms with E-state index in [-0.39, 0.29) is 5.78 Å². The molecule has 0 spiro atoms. The third-order valence-electron chi connectivity index (χ3n) is 2.49. The Balaban J connectivity index is 3.10. The third-order valence-corrected chi connectivity index (χ3v) is 3.57. The normalized spacial score (nSPS) is 16.6. The van der Waals surface area contributed by atoms with Gasteiger partial charge in [0.1, 0.15) is 0 Å². The fraction of sp³-hybridized carbons (Fsp3) is 0.286. The zero-order valence-electron chi connectivity index (χ0n) is 11.2. The number of Topliss-reactive ketones (excluding diaryl/α,β-unsaturated/α-hetero) is 1. The summed E-state index contributed by atoms with van der Waals surface area (Å²) in [5, 5.41) is 11.1. The average molecular weight is 262 g/mol. The summed E-state index contributed by atoms with van der Waals surface area (Å²) >= 11 is 1.48. The number of rotatable bonds is 4. The predicted molar refractivity (Wildman–Crippen MR) is 78.5 cm³/mol. The Morgan fingerprint density at radius 3 is 2.39 bits per heavy atom. The molecule has 0 aromatic carbocycles. The molecule has 0 aliphatic carbocycles. The van der Waals surface area contributed by atoms with Crippen molar-refractivity contribution in [2.24, 2.45) is 0 Å². The molecule has 0 fully saturated rings. The molecule has 1 rings (SSSR count). The van der Waals surface area contributed by atoms with Gasteiger partial charge in [-0.3, -0.25) is 4.79 Å². The van der Waals surface area contributed by atoms with Crippen molar-refractivity contribution in [3.05, 3.63) is 45.0 Å². The summed E-state index contributed by atoms with van der Waals surface area (Å²) in [7, 11) is 0. The molecule has 1 aliphatic heterocycles. The minimum absolute atomic E-state index is 0.108. The Kier molecular flexibility index (Phi) is 4.73. The van der Waals surface area contributed by atoms with E-state index >= 15 is 0 Å². The van der Waals surface area contributed by atoms with E-state index < -0.39 is 0 Å². The molecule has 0 bridgehead atoms. The maximum atomic E-state index is 11.4. The van der Waals surface area contributed by atoms with E-state index in [1.165, 1.54) is 24.3 Å². The number of hydrogen-bond acceptors (Lipinski definition) is 4. The molecule has 2 N–H and O–H groups in total. The molecule has 0 unspecified atom stereocenters. The minimum Gasteiger partial charge on any atom is -0.354 e. The Labute approximate surface area is 112 Å². The lowest BCUT2D eigenvalue weighted by Crippen LogP contribution is -2.07. The van der Waals surface area contributed by atoms with Gasteiger partial charge in [-0.05, 0) is 38.8 Å². The molecule has 1 aliphatic rings. The van der Waals surface area contributed by atoms with Crippen LogP contribution < -0.4 is 5.32 Å². The second kappa shape index (κ2) is 5.87. The molecule has 4 heteroatoms. The van der Waals surface area contributed by atoms with Gasteiger partial charge in [0.05, 0.1) is 10.6 Å². The van der Waals surface area contributed by atoms with Crippen LogP contribution in [-0.4, -0.2) is 12.0 Å². The summed E-state index contributed by atoms with van der Waals surface area (Å²) in [6.45, 7) is 11.5. The van der Waals surface area contributed by atoms with Gasteiger partial charge in [-0.2, -0.15) is 0 Å². The van der Waals surface area contributed by atoms with Crippen LogP contribution >= 0.6 is 11.8 Å². The van der Waals surface area contributed by atoms with E-state index in [2.05, 4.69) is 11.9 Å². The topological polar surface area (TPSA) is 53.0 Å². The lowest BCUT2D eigenvalue weighted by atomic mass is 10.0. The summed E-state index contributed by atoms with van der Waals surface area (Å²) < 4.78 is 0. The lowest BCUT2D eigenvalue weighted by molar-refractivity contribution is -0.113. The number of ketones is 1. The smallest absolute Gasteiger partial charge is 0.163 e. The van der Waals surface area contributed by atoms with Crippen LogP contribution in [0, 0.1) is 5.41 Å². The van der Waals surface area contributed by atoms with Crippen LogP contribution in [0.5, 0.6) is 0 Å². The van der Waals surface area contributed by atoms with Crippen LogP contribution in [0.25, 0.3) is 0 Å². The van der Waals surface area contributed by atoms with E-state index in [0.29, 0.717) is 10.6 Å². The van der Waals surface area contributed by atoms with Crippen molar-refractivity contribution in [3.8, 4) is 0 Å². The number of hydrogen-bond donors (Lipinski definition) is 2. The van der Waals surface area contributed by atoms with Crippen molar-refractivity contribution in [1.82, 2.24) is 5.32 Å². The molecular formula is C14H18N2OS. The summed E-state index contributed by atoms with van der Waals surface area (Å²) in [6, 6.07) is 0. The first-order valence-electron chi connectivity index (χ1n) is 5.62. The van der Waals surface area contributed by atoms with Crippen molar-refractivity contribution in [1.29, 1.82) is 5.41 Å². The van der Waals surface area contributed by atoms with Crippen LogP contribution in [-0.2, 0) is 4.79 Å². The SMILES string of the molecule is C=C(C)C(C1=CN/C(=C(\C=N)C(C)=O)S1)=C(C)C. The second-order valence-electron chi connectivity index (χ2n) is 4.35. The number of allylic oxidation sites excluding steroid dienone is 4. The van der Waals surface area contributed by atoms with Gasteiger partial charge in [0.2, 0.25) is 0 Å². The van der Waals surface area contributed by atoms with Crippen LogP contribution in [0.4, 0.5) is 0 Å². The van der Waals surface area contributed by atoms with Crippen molar-refractivity contribution in [2.45, 2.75) is 27.7 Å². The highest BCUT2D eigenvalue weighted by atomic mass is 32.2. The molecule has 1 heterocycles. The maximum absolute atomic E-state index is 11.4. The first-order chi connectivity index (χ1) is 8.38. The summed E-state index contributed by atoms with van der Waals surface area (Å²) in [5.74, 6) is -0.108. The fourth-order valence-corrected chi connectivity index (χ4v) is 3.02. The molecule has 3 nitrogen and oxygen atoms in total. The Hall–Kier alpha value is -1.55. The standard InChI is InChI=1S/C14H18N2OS/c1-8(2)13(9(3)4)12-7-16-14(18-12)11(6-15)10(5)17/h6-7,15-16H,1H2,2-5H3/b14-11-,15-6?. The number of carbonyl (C=O) groups is 1. The summed E-state index contributed by atoms with van der Waals surface area (Å²) in [5.41, 5.74) is 3.69. The fourth-order valence-electron chi connectivity index (χ4n) is 1.77. The van der Waals surface area contributed by atoms with Crippen molar-refractivity contribution >= 4 is 23.8 Å². The van der Waals surface area contributed by atoms with Gasteiger partial charge >= 0.3 is 0 Å². The first kappa shape index (κ1) is 14.5. The molecule has 0 radical (unpaired) electrons. The molecule has 0 saturated heterocycles. The summed E-state index contributed by atoms with van der Waals surface area (Å²) in [4.78, 5) is 12.4. The Bertz CT molecular complexity index is 506. The number of nitrogens with one attached hydrogen (secondary N) is 2. The highest BCUT2D eigenvalue weighted by Crippen LogP contribution is 2.39. The monoisotopic (exact) mass is 262 g/mol. The van der Waals surface area contributed by atoms with E-state index in [4.69, 9.17) is 5.41 Å². The van der Waals surface area contributed by atoms with Crippen molar-refractivity contribution in [3.63, 3.8) is 0 Å². The number of thioether (sulfide) groups is 1. The van der Waals surface area contributed by atoms with Crippen LogP contribution in [0.2, 0.25) is 0 Å². The predicted octanol–water partition coefficient (Wildman–Crippen LogP) is 3.53.